The van der Waals surface area contributed by atoms with Gasteiger partial charge in [-0.25, -0.2) is 36.0 Å². The Morgan fingerprint density at radius 1 is 0.966 bits per heavy atom. The van der Waals surface area contributed by atoms with Crippen LogP contribution in [0.15, 0.2) is 46.2 Å². The van der Waals surface area contributed by atoms with Crippen molar-refractivity contribution < 1.29 is 40.3 Å². The smallest absolute Gasteiger partial charge is 0.339 e. The number of esters is 2. The fourth-order valence-electron chi connectivity index (χ4n) is 2.22. The maximum absolute atomic E-state index is 14.2. The van der Waals surface area contributed by atoms with E-state index in [1.165, 1.54) is 0 Å². The quantitative estimate of drug-likeness (QED) is 0.618. The second-order valence-electron chi connectivity index (χ2n) is 5.49. The molecule has 0 aliphatic carbocycles. The van der Waals surface area contributed by atoms with Crippen molar-refractivity contribution >= 4 is 37.7 Å². The van der Waals surface area contributed by atoms with Gasteiger partial charge >= 0.3 is 11.9 Å². The summed E-state index contributed by atoms with van der Waals surface area (Å²) in [6.45, 7) is 0. The van der Waals surface area contributed by atoms with Crippen molar-refractivity contribution in [1.29, 1.82) is 0 Å². The van der Waals surface area contributed by atoms with Gasteiger partial charge in [-0.2, -0.15) is 0 Å². The van der Waals surface area contributed by atoms with Crippen LogP contribution >= 0.6 is 0 Å². The number of nitrogens with one attached hydrogen (secondary N) is 1. The van der Waals surface area contributed by atoms with Gasteiger partial charge < -0.3 is 9.47 Å². The van der Waals surface area contributed by atoms with Crippen LogP contribution in [0, 0.1) is 5.82 Å². The zero-order valence-electron chi connectivity index (χ0n) is 15.0. The number of benzene rings is 2. The number of ether oxygens (including phenoxy) is 2. The summed E-state index contributed by atoms with van der Waals surface area (Å²) in [5.74, 6) is -3.13. The normalized spacial score (nSPS) is 11.6. The first-order valence-electron chi connectivity index (χ1n) is 7.56. The number of anilines is 1. The molecule has 0 fully saturated rings. The third-order valence-corrected chi connectivity index (χ3v) is 5.93. The summed E-state index contributed by atoms with van der Waals surface area (Å²) < 4.78 is 73.2. The molecule has 0 saturated carbocycles. The predicted molar refractivity (Wildman–Crippen MR) is 97.7 cm³/mol. The van der Waals surface area contributed by atoms with E-state index in [4.69, 9.17) is 5.14 Å². The summed E-state index contributed by atoms with van der Waals surface area (Å²) in [6, 6.07) is 5.30. The van der Waals surface area contributed by atoms with Crippen LogP contribution in [0.4, 0.5) is 10.1 Å². The Morgan fingerprint density at radius 3 is 2.10 bits per heavy atom. The third-order valence-electron chi connectivity index (χ3n) is 3.61. The highest BCUT2D eigenvalue weighted by Gasteiger charge is 2.26. The highest BCUT2D eigenvalue weighted by atomic mass is 32.2. The summed E-state index contributed by atoms with van der Waals surface area (Å²) in [4.78, 5) is 22.4. The van der Waals surface area contributed by atoms with Crippen molar-refractivity contribution in [3.8, 4) is 0 Å². The summed E-state index contributed by atoms with van der Waals surface area (Å²) in [7, 11) is -6.73. The second-order valence-corrected chi connectivity index (χ2v) is 8.70. The molecule has 0 spiro atoms. The molecule has 29 heavy (non-hydrogen) atoms. The van der Waals surface area contributed by atoms with Gasteiger partial charge in [0.2, 0.25) is 10.0 Å². The number of methoxy groups -OCH3 is 2. The minimum atomic E-state index is -4.61. The zero-order valence-corrected chi connectivity index (χ0v) is 16.6. The minimum absolute atomic E-state index is 0.189. The lowest BCUT2D eigenvalue weighted by atomic mass is 10.1. The molecule has 2 rings (SSSR count). The molecular formula is C16H15FN2O8S2. The first kappa shape index (κ1) is 22.3. The van der Waals surface area contributed by atoms with Crippen molar-refractivity contribution in [2.75, 3.05) is 18.9 Å². The number of carbonyl (C=O) groups is 2. The summed E-state index contributed by atoms with van der Waals surface area (Å²) in [6.07, 6.45) is 0. The zero-order chi connectivity index (χ0) is 22.0. The molecule has 3 N–H and O–H groups in total. The molecule has 156 valence electrons. The minimum Gasteiger partial charge on any atom is -0.465 e. The molecule has 13 heteroatoms. The molecule has 0 saturated heterocycles. The van der Waals surface area contributed by atoms with Gasteiger partial charge in [0.1, 0.15) is 10.7 Å². The van der Waals surface area contributed by atoms with Gasteiger partial charge in [0.05, 0.1) is 35.9 Å². The van der Waals surface area contributed by atoms with E-state index in [1.54, 1.807) is 0 Å². The van der Waals surface area contributed by atoms with E-state index in [9.17, 15) is 30.8 Å². The van der Waals surface area contributed by atoms with Crippen molar-refractivity contribution in [2.45, 2.75) is 9.79 Å². The number of hydrogen-bond acceptors (Lipinski definition) is 8. The lowest BCUT2D eigenvalue weighted by Gasteiger charge is -2.13. The molecular weight excluding hydrogens is 431 g/mol. The summed E-state index contributed by atoms with van der Waals surface area (Å²) in [5, 5.41) is 4.89. The van der Waals surface area contributed by atoms with Crippen molar-refractivity contribution in [1.82, 2.24) is 0 Å². The van der Waals surface area contributed by atoms with Crippen molar-refractivity contribution in [2.24, 2.45) is 5.14 Å². The maximum atomic E-state index is 14.2. The standard InChI is InChI=1S/C16H15FN2O8S2/c1-26-15(20)9-3-5-11(16(21)27-2)14(7-9)29(24,25)19-13-6-4-10(8-12(13)17)28(18,22)23/h3-8,19H,1-2H3,(H2,18,22,23). The van der Waals surface area contributed by atoms with E-state index < -0.39 is 58.8 Å². The lowest BCUT2D eigenvalue weighted by Crippen LogP contribution is -2.19. The Bertz CT molecular complexity index is 1190. The van der Waals surface area contributed by atoms with Gasteiger partial charge in [-0.15, -0.1) is 0 Å². The molecule has 2 aromatic carbocycles. The van der Waals surface area contributed by atoms with Gasteiger partial charge in [0.25, 0.3) is 10.0 Å². The Labute approximate surface area is 165 Å². The van der Waals surface area contributed by atoms with Crippen LogP contribution in [0.2, 0.25) is 0 Å². The molecule has 0 amide bonds. The van der Waals surface area contributed by atoms with Gasteiger partial charge in [-0.05, 0) is 36.4 Å². The average Bonchev–Trinajstić information content (AvgIpc) is 2.66. The SMILES string of the molecule is COC(=O)c1ccc(C(=O)OC)c(S(=O)(=O)Nc2ccc(S(N)(=O)=O)cc2F)c1. The fraction of sp³-hybridized carbons (Fsp3) is 0.125. The number of rotatable bonds is 6. The topological polar surface area (TPSA) is 159 Å². The molecule has 0 bridgehead atoms. The van der Waals surface area contributed by atoms with E-state index in [2.05, 4.69) is 9.47 Å². The molecule has 0 aromatic heterocycles. The van der Waals surface area contributed by atoms with Crippen LogP contribution in [0.25, 0.3) is 0 Å². The van der Waals surface area contributed by atoms with Crippen molar-refractivity contribution in [3.63, 3.8) is 0 Å². The number of sulfonamides is 2. The molecule has 2 aromatic rings. The van der Waals surface area contributed by atoms with Crippen LogP contribution in [0.3, 0.4) is 0 Å². The van der Waals surface area contributed by atoms with E-state index in [1.807, 2.05) is 4.72 Å². The monoisotopic (exact) mass is 446 g/mol. The summed E-state index contributed by atoms with van der Waals surface area (Å²) in [5.41, 5.74) is -1.23. The first-order valence-corrected chi connectivity index (χ1v) is 10.6. The molecule has 0 aliphatic heterocycles. The van der Waals surface area contributed by atoms with E-state index in [0.717, 1.165) is 44.6 Å². The van der Waals surface area contributed by atoms with Crippen LogP contribution in [0.5, 0.6) is 0 Å². The highest BCUT2D eigenvalue weighted by Crippen LogP contribution is 2.25. The number of nitrogens with two attached hydrogens (primary N) is 1. The molecule has 0 atom stereocenters. The maximum Gasteiger partial charge on any atom is 0.339 e. The second kappa shape index (κ2) is 8.14. The average molecular weight is 446 g/mol. The van der Waals surface area contributed by atoms with Gasteiger partial charge in [0.15, 0.2) is 0 Å². The van der Waals surface area contributed by atoms with E-state index in [-0.39, 0.29) is 5.56 Å². The number of carbonyl (C=O) groups excluding carboxylic acids is 2. The highest BCUT2D eigenvalue weighted by molar-refractivity contribution is 7.92. The predicted octanol–water partition coefficient (Wildman–Crippen LogP) is 0.847. The molecule has 0 unspecified atom stereocenters. The third kappa shape index (κ3) is 4.88. The summed E-state index contributed by atoms with van der Waals surface area (Å²) >= 11 is 0. The number of halogens is 1. The van der Waals surface area contributed by atoms with Crippen LogP contribution in [-0.2, 0) is 29.5 Å². The lowest BCUT2D eigenvalue weighted by molar-refractivity contribution is 0.0583. The van der Waals surface area contributed by atoms with E-state index in [0.29, 0.717) is 6.07 Å². The van der Waals surface area contributed by atoms with Gasteiger partial charge in [0, 0.05) is 0 Å². The molecule has 0 aliphatic rings. The number of hydrogen-bond donors (Lipinski definition) is 2. The van der Waals surface area contributed by atoms with Gasteiger partial charge in [-0.1, -0.05) is 0 Å². The largest absolute Gasteiger partial charge is 0.465 e. The Morgan fingerprint density at radius 2 is 1.59 bits per heavy atom. The van der Waals surface area contributed by atoms with Crippen LogP contribution < -0.4 is 9.86 Å². The Kier molecular flexibility index (Phi) is 6.25. The first-order chi connectivity index (χ1) is 13.4. The van der Waals surface area contributed by atoms with Crippen LogP contribution in [0.1, 0.15) is 20.7 Å². The molecule has 0 heterocycles. The Balaban J connectivity index is 2.57. The van der Waals surface area contributed by atoms with Crippen molar-refractivity contribution in [3.05, 3.63) is 53.3 Å². The Hall–Kier alpha value is -3.03. The van der Waals surface area contributed by atoms with Gasteiger partial charge in [-0.3, -0.25) is 4.72 Å². The molecule has 10 nitrogen and oxygen atoms in total. The number of primary sulfonamides is 1. The van der Waals surface area contributed by atoms with Crippen LogP contribution in [-0.4, -0.2) is 43.0 Å². The van der Waals surface area contributed by atoms with E-state index >= 15 is 0 Å². The molecule has 0 radical (unpaired) electrons. The fourth-order valence-corrected chi connectivity index (χ4v) is 4.04.